The number of hydrogen-bond donors (Lipinski definition) is 1. The Kier molecular flexibility index (Phi) is 4.10. The summed E-state index contributed by atoms with van der Waals surface area (Å²) in [6.45, 7) is 0. The van der Waals surface area contributed by atoms with Crippen molar-refractivity contribution < 1.29 is 13.2 Å². The summed E-state index contributed by atoms with van der Waals surface area (Å²) < 4.78 is 24.2. The van der Waals surface area contributed by atoms with Gasteiger partial charge in [-0.15, -0.1) is 0 Å². The van der Waals surface area contributed by atoms with Crippen LogP contribution in [0.1, 0.15) is 12.8 Å². The van der Waals surface area contributed by atoms with Crippen molar-refractivity contribution >= 4 is 31.7 Å². The minimum Gasteiger partial charge on any atom is -0.294 e. The van der Waals surface area contributed by atoms with E-state index in [0.29, 0.717) is 23.9 Å². The van der Waals surface area contributed by atoms with Gasteiger partial charge >= 0.3 is 0 Å². The predicted octanol–water partition coefficient (Wildman–Crippen LogP) is 1.10. The minimum absolute atomic E-state index is 0.0460. The molecular formula is C9H12BrNO3S. The molecule has 0 bridgehead atoms. The third-order valence-electron chi connectivity index (χ3n) is 1.95. The highest BCUT2D eigenvalue weighted by atomic mass is 79.9. The number of sulfonamides is 1. The molecule has 6 heteroatoms. The maximum atomic E-state index is 11.3. The Labute approximate surface area is 97.6 Å². The van der Waals surface area contributed by atoms with Gasteiger partial charge in [-0.05, 0) is 24.5 Å². The van der Waals surface area contributed by atoms with Gasteiger partial charge in [0.15, 0.2) is 5.78 Å². The van der Waals surface area contributed by atoms with E-state index in [0.717, 1.165) is 11.8 Å². The van der Waals surface area contributed by atoms with E-state index in [-0.39, 0.29) is 5.78 Å². The van der Waals surface area contributed by atoms with Gasteiger partial charge in [-0.1, -0.05) is 22.0 Å². The van der Waals surface area contributed by atoms with Crippen molar-refractivity contribution in [3.63, 3.8) is 0 Å². The number of nitrogens with one attached hydrogen (secondary N) is 1. The summed E-state index contributed by atoms with van der Waals surface area (Å²) in [5.41, 5.74) is 1.36. The SMILES string of the molecule is CS(=O)(=O)NC1=CC=C(C(=O)CBr)CC1. The number of hydrogen-bond acceptors (Lipinski definition) is 3. The zero-order chi connectivity index (χ0) is 11.5. The maximum Gasteiger partial charge on any atom is 0.229 e. The van der Waals surface area contributed by atoms with Crippen molar-refractivity contribution in [1.29, 1.82) is 0 Å². The Balaban J connectivity index is 2.73. The van der Waals surface area contributed by atoms with Crippen LogP contribution in [0.2, 0.25) is 0 Å². The molecule has 0 saturated carbocycles. The van der Waals surface area contributed by atoms with Crippen LogP contribution >= 0.6 is 15.9 Å². The second-order valence-electron chi connectivity index (χ2n) is 3.31. The molecule has 1 aliphatic carbocycles. The summed E-state index contributed by atoms with van der Waals surface area (Å²) in [5.74, 6) is 0.0460. The molecule has 0 aromatic rings. The van der Waals surface area contributed by atoms with Crippen molar-refractivity contribution in [3.05, 3.63) is 23.4 Å². The third-order valence-corrected chi connectivity index (χ3v) is 3.09. The lowest BCUT2D eigenvalue weighted by Gasteiger charge is -2.13. The summed E-state index contributed by atoms with van der Waals surface area (Å²) in [6.07, 6.45) is 5.55. The molecule has 4 nitrogen and oxygen atoms in total. The number of carbonyl (C=O) groups excluding carboxylic acids is 1. The predicted molar refractivity (Wildman–Crippen MR) is 62.2 cm³/mol. The fraction of sp³-hybridized carbons (Fsp3) is 0.444. The van der Waals surface area contributed by atoms with Crippen LogP contribution in [0.5, 0.6) is 0 Å². The lowest BCUT2D eigenvalue weighted by Crippen LogP contribution is -2.22. The summed E-state index contributed by atoms with van der Waals surface area (Å²) in [5, 5.41) is 0.307. The third kappa shape index (κ3) is 4.17. The molecule has 0 aromatic carbocycles. The zero-order valence-corrected chi connectivity index (χ0v) is 10.7. The first-order valence-electron chi connectivity index (χ1n) is 4.39. The Morgan fingerprint density at radius 3 is 2.53 bits per heavy atom. The largest absolute Gasteiger partial charge is 0.294 e. The first kappa shape index (κ1) is 12.4. The van der Waals surface area contributed by atoms with Crippen LogP contribution in [0.4, 0.5) is 0 Å². The smallest absolute Gasteiger partial charge is 0.229 e. The van der Waals surface area contributed by atoms with Gasteiger partial charge in [0, 0.05) is 5.70 Å². The lowest BCUT2D eigenvalue weighted by atomic mass is 10.0. The molecule has 0 heterocycles. The molecule has 0 spiro atoms. The summed E-state index contributed by atoms with van der Waals surface area (Å²) in [7, 11) is -3.21. The Bertz CT molecular complexity index is 423. The maximum absolute atomic E-state index is 11.3. The van der Waals surface area contributed by atoms with E-state index >= 15 is 0 Å². The molecule has 0 atom stereocenters. The van der Waals surface area contributed by atoms with Crippen LogP contribution in [-0.2, 0) is 14.8 Å². The molecule has 1 rings (SSSR count). The fourth-order valence-electron chi connectivity index (χ4n) is 1.28. The number of alkyl halides is 1. The number of ketones is 1. The van der Waals surface area contributed by atoms with Crippen LogP contribution in [0, 0.1) is 0 Å². The normalized spacial score (nSPS) is 16.7. The number of rotatable bonds is 4. The standard InChI is InChI=1S/C9H12BrNO3S/c1-15(13,14)11-8-4-2-7(3-5-8)9(12)6-10/h2,4,11H,3,5-6H2,1H3. The topological polar surface area (TPSA) is 63.2 Å². The highest BCUT2D eigenvalue weighted by molar-refractivity contribution is 9.09. The van der Waals surface area contributed by atoms with Crippen LogP contribution in [-0.4, -0.2) is 25.8 Å². The number of halogens is 1. The average Bonchev–Trinajstić information content (AvgIpc) is 2.15. The molecule has 0 fully saturated rings. The highest BCUT2D eigenvalue weighted by Gasteiger charge is 2.13. The van der Waals surface area contributed by atoms with Crippen LogP contribution < -0.4 is 4.72 Å². The summed E-state index contributed by atoms with van der Waals surface area (Å²) in [4.78, 5) is 11.3. The second-order valence-corrected chi connectivity index (χ2v) is 5.62. The number of allylic oxidation sites excluding steroid dienone is 4. The van der Waals surface area contributed by atoms with E-state index in [2.05, 4.69) is 20.7 Å². The van der Waals surface area contributed by atoms with Crippen molar-refractivity contribution in [1.82, 2.24) is 4.72 Å². The minimum atomic E-state index is -3.21. The second kappa shape index (κ2) is 4.94. The molecule has 84 valence electrons. The monoisotopic (exact) mass is 293 g/mol. The Morgan fingerprint density at radius 1 is 1.47 bits per heavy atom. The van der Waals surface area contributed by atoms with Crippen LogP contribution in [0.25, 0.3) is 0 Å². The van der Waals surface area contributed by atoms with Gasteiger partial charge < -0.3 is 0 Å². The van der Waals surface area contributed by atoms with Gasteiger partial charge in [0.1, 0.15) is 0 Å². The van der Waals surface area contributed by atoms with Crippen molar-refractivity contribution in [2.24, 2.45) is 0 Å². The van der Waals surface area contributed by atoms with E-state index in [4.69, 9.17) is 0 Å². The van der Waals surface area contributed by atoms with E-state index in [1.165, 1.54) is 0 Å². The fourth-order valence-corrected chi connectivity index (χ4v) is 2.29. The zero-order valence-electron chi connectivity index (χ0n) is 8.29. The molecule has 0 amide bonds. The number of Topliss-reactive ketones (excluding diaryl/α,β-unsaturated/α-hetero) is 1. The Hall–Kier alpha value is -0.620. The molecule has 0 radical (unpaired) electrons. The summed E-state index contributed by atoms with van der Waals surface area (Å²) >= 11 is 3.09. The molecule has 1 aliphatic rings. The molecule has 0 saturated heterocycles. The van der Waals surface area contributed by atoms with Crippen molar-refractivity contribution in [2.75, 3.05) is 11.6 Å². The van der Waals surface area contributed by atoms with Gasteiger partial charge in [0.2, 0.25) is 10.0 Å². The van der Waals surface area contributed by atoms with Gasteiger partial charge in [-0.3, -0.25) is 9.52 Å². The first-order chi connectivity index (χ1) is 6.92. The van der Waals surface area contributed by atoms with Gasteiger partial charge in [0.05, 0.1) is 11.6 Å². The Morgan fingerprint density at radius 2 is 2.13 bits per heavy atom. The van der Waals surface area contributed by atoms with Crippen LogP contribution in [0.15, 0.2) is 23.4 Å². The lowest BCUT2D eigenvalue weighted by molar-refractivity contribution is -0.113. The molecule has 1 N–H and O–H groups in total. The molecule has 15 heavy (non-hydrogen) atoms. The van der Waals surface area contributed by atoms with Gasteiger partial charge in [0.25, 0.3) is 0 Å². The highest BCUT2D eigenvalue weighted by Crippen LogP contribution is 2.18. The van der Waals surface area contributed by atoms with Crippen molar-refractivity contribution in [2.45, 2.75) is 12.8 Å². The quantitative estimate of drug-likeness (QED) is 0.790. The van der Waals surface area contributed by atoms with E-state index in [9.17, 15) is 13.2 Å². The average molecular weight is 294 g/mol. The summed E-state index contributed by atoms with van der Waals surface area (Å²) in [6, 6.07) is 0. The molecular weight excluding hydrogens is 282 g/mol. The van der Waals surface area contributed by atoms with Crippen LogP contribution in [0.3, 0.4) is 0 Å². The number of carbonyl (C=O) groups is 1. The first-order valence-corrected chi connectivity index (χ1v) is 7.40. The molecule has 0 aromatic heterocycles. The van der Waals surface area contributed by atoms with Gasteiger partial charge in [-0.25, -0.2) is 8.42 Å². The van der Waals surface area contributed by atoms with Gasteiger partial charge in [-0.2, -0.15) is 0 Å². The molecule has 0 aliphatic heterocycles. The van der Waals surface area contributed by atoms with Crippen molar-refractivity contribution in [3.8, 4) is 0 Å². The van der Waals surface area contributed by atoms with E-state index in [1.54, 1.807) is 12.2 Å². The van der Waals surface area contributed by atoms with E-state index < -0.39 is 10.0 Å². The van der Waals surface area contributed by atoms with E-state index in [1.807, 2.05) is 0 Å². The molecule has 0 unspecified atom stereocenters.